The van der Waals surface area contributed by atoms with Gasteiger partial charge in [-0.3, -0.25) is 14.3 Å². The molecular weight excluding hydrogens is 359 g/mol. The molecule has 3 heterocycles. The van der Waals surface area contributed by atoms with E-state index in [1.54, 1.807) is 23.0 Å². The number of carbonyl (C=O) groups excluding carboxylic acids is 2. The number of carbonyl (C=O) groups is 2. The number of fused-ring (bicyclic) bond motifs is 1. The van der Waals surface area contributed by atoms with Gasteiger partial charge < -0.3 is 9.80 Å². The molecule has 2 fully saturated rings. The molecule has 2 aromatic rings. The minimum absolute atomic E-state index is 0.0276. The summed E-state index contributed by atoms with van der Waals surface area (Å²) >= 11 is 0. The lowest BCUT2D eigenvalue weighted by Crippen LogP contribution is -2.43. The average Bonchev–Trinajstić information content (AvgIpc) is 3.30. The first-order valence-electron chi connectivity index (χ1n) is 9.92. The van der Waals surface area contributed by atoms with Crippen molar-refractivity contribution in [3.63, 3.8) is 0 Å². The summed E-state index contributed by atoms with van der Waals surface area (Å²) in [6, 6.07) is 8.11. The van der Waals surface area contributed by atoms with Crippen molar-refractivity contribution in [3.05, 3.63) is 53.6 Å². The van der Waals surface area contributed by atoms with E-state index in [-0.39, 0.29) is 29.6 Å². The largest absolute Gasteiger partial charge is 0.335 e. The minimum Gasteiger partial charge on any atom is -0.335 e. The standard InChI is InChI=1S/C21H25FN4O2/c1-2-26-18(9-10-23-26)21(28)24-13-16-6-4-8-20(27)25(19(16)14-24)12-15-5-3-7-17(22)11-15/h3,5,7,9-11,16,19H,2,4,6,8,12-14H2,1H3/t16-,19+/m1/s1. The fourth-order valence-electron chi connectivity index (χ4n) is 4.47. The summed E-state index contributed by atoms with van der Waals surface area (Å²) in [6.07, 6.45) is 3.91. The maximum absolute atomic E-state index is 13.6. The van der Waals surface area contributed by atoms with Crippen LogP contribution >= 0.6 is 0 Å². The molecule has 0 spiro atoms. The first-order valence-corrected chi connectivity index (χ1v) is 9.92. The van der Waals surface area contributed by atoms with E-state index in [2.05, 4.69) is 5.10 Å². The maximum Gasteiger partial charge on any atom is 0.272 e. The predicted octanol–water partition coefficient (Wildman–Crippen LogP) is 2.70. The summed E-state index contributed by atoms with van der Waals surface area (Å²) in [5.74, 6) is 0.00423. The van der Waals surface area contributed by atoms with E-state index in [1.807, 2.05) is 22.8 Å². The molecule has 2 amide bonds. The van der Waals surface area contributed by atoms with Gasteiger partial charge in [0.2, 0.25) is 5.91 Å². The Hall–Kier alpha value is -2.70. The lowest BCUT2D eigenvalue weighted by molar-refractivity contribution is -0.133. The van der Waals surface area contributed by atoms with Crippen LogP contribution in [0.4, 0.5) is 4.39 Å². The number of benzene rings is 1. The second-order valence-corrected chi connectivity index (χ2v) is 7.61. The average molecular weight is 384 g/mol. The van der Waals surface area contributed by atoms with Crippen molar-refractivity contribution in [2.75, 3.05) is 13.1 Å². The van der Waals surface area contributed by atoms with Gasteiger partial charge in [-0.25, -0.2) is 4.39 Å². The van der Waals surface area contributed by atoms with Crippen molar-refractivity contribution in [2.24, 2.45) is 5.92 Å². The zero-order valence-corrected chi connectivity index (χ0v) is 16.1. The van der Waals surface area contributed by atoms with E-state index in [1.165, 1.54) is 12.1 Å². The summed E-state index contributed by atoms with van der Waals surface area (Å²) in [5.41, 5.74) is 1.37. The fourth-order valence-corrected chi connectivity index (χ4v) is 4.47. The van der Waals surface area contributed by atoms with Crippen LogP contribution in [0.1, 0.15) is 42.2 Å². The van der Waals surface area contributed by atoms with Gasteiger partial charge in [-0.05, 0) is 49.4 Å². The SMILES string of the molecule is CCn1nccc1C(=O)N1C[C@H]2CCCC(=O)N(Cc3cccc(F)c3)[C@H]2C1. The van der Waals surface area contributed by atoms with Gasteiger partial charge in [0.1, 0.15) is 11.5 Å². The molecule has 2 aliphatic rings. The van der Waals surface area contributed by atoms with Crippen LogP contribution in [0.15, 0.2) is 36.5 Å². The van der Waals surface area contributed by atoms with Crippen molar-refractivity contribution in [2.45, 2.75) is 45.3 Å². The number of hydrogen-bond donors (Lipinski definition) is 0. The third kappa shape index (κ3) is 3.53. The van der Waals surface area contributed by atoms with Crippen LogP contribution in [0, 0.1) is 11.7 Å². The molecule has 0 aliphatic carbocycles. The maximum atomic E-state index is 13.6. The summed E-state index contributed by atoms with van der Waals surface area (Å²) in [6.45, 7) is 4.13. The van der Waals surface area contributed by atoms with E-state index < -0.39 is 0 Å². The second-order valence-electron chi connectivity index (χ2n) is 7.61. The molecule has 2 aliphatic heterocycles. The van der Waals surface area contributed by atoms with Gasteiger partial charge in [0.05, 0.1) is 6.04 Å². The van der Waals surface area contributed by atoms with Gasteiger partial charge in [-0.15, -0.1) is 0 Å². The number of aromatic nitrogens is 2. The molecule has 148 valence electrons. The van der Waals surface area contributed by atoms with E-state index in [0.717, 1.165) is 18.4 Å². The first kappa shape index (κ1) is 18.7. The smallest absolute Gasteiger partial charge is 0.272 e. The molecule has 0 bridgehead atoms. The van der Waals surface area contributed by atoms with Gasteiger partial charge in [0.25, 0.3) is 5.91 Å². The van der Waals surface area contributed by atoms with Gasteiger partial charge in [-0.1, -0.05) is 12.1 Å². The van der Waals surface area contributed by atoms with Crippen LogP contribution < -0.4 is 0 Å². The number of likely N-dealkylation sites (tertiary alicyclic amines) is 2. The molecule has 2 saturated heterocycles. The molecule has 6 nitrogen and oxygen atoms in total. The number of halogens is 1. The predicted molar refractivity (Wildman–Crippen MR) is 102 cm³/mol. The van der Waals surface area contributed by atoms with E-state index in [4.69, 9.17) is 0 Å². The van der Waals surface area contributed by atoms with Crippen molar-refractivity contribution in [3.8, 4) is 0 Å². The topological polar surface area (TPSA) is 58.4 Å². The van der Waals surface area contributed by atoms with Gasteiger partial charge in [0.15, 0.2) is 0 Å². The highest BCUT2D eigenvalue weighted by molar-refractivity contribution is 5.93. The molecule has 1 aromatic carbocycles. The van der Waals surface area contributed by atoms with Gasteiger partial charge in [-0.2, -0.15) is 5.10 Å². The summed E-state index contributed by atoms with van der Waals surface area (Å²) in [4.78, 5) is 29.5. The highest BCUT2D eigenvalue weighted by Gasteiger charge is 2.42. The fraction of sp³-hybridized carbons (Fsp3) is 0.476. The van der Waals surface area contributed by atoms with Crippen molar-refractivity contribution in [1.82, 2.24) is 19.6 Å². The van der Waals surface area contributed by atoms with E-state index in [0.29, 0.717) is 38.3 Å². The molecule has 0 N–H and O–H groups in total. The first-order chi connectivity index (χ1) is 13.6. The Kier molecular flexibility index (Phi) is 5.15. The normalized spacial score (nSPS) is 22.3. The van der Waals surface area contributed by atoms with Gasteiger partial charge >= 0.3 is 0 Å². The van der Waals surface area contributed by atoms with Crippen LogP contribution in [0.25, 0.3) is 0 Å². The Balaban J connectivity index is 1.55. The highest BCUT2D eigenvalue weighted by Crippen LogP contribution is 2.32. The number of aryl methyl sites for hydroxylation is 1. The van der Waals surface area contributed by atoms with Crippen molar-refractivity contribution in [1.29, 1.82) is 0 Å². The van der Waals surface area contributed by atoms with Crippen molar-refractivity contribution >= 4 is 11.8 Å². The minimum atomic E-state index is -0.299. The summed E-state index contributed by atoms with van der Waals surface area (Å²) in [7, 11) is 0. The Bertz CT molecular complexity index is 881. The monoisotopic (exact) mass is 384 g/mol. The molecule has 0 radical (unpaired) electrons. The zero-order chi connectivity index (χ0) is 19.7. The molecule has 0 saturated carbocycles. The number of rotatable bonds is 4. The van der Waals surface area contributed by atoms with Gasteiger partial charge in [0, 0.05) is 38.8 Å². The second kappa shape index (κ2) is 7.73. The molecule has 4 rings (SSSR count). The Morgan fingerprint density at radius 1 is 1.29 bits per heavy atom. The zero-order valence-electron chi connectivity index (χ0n) is 16.1. The third-order valence-corrected chi connectivity index (χ3v) is 5.86. The molecule has 0 unspecified atom stereocenters. The Morgan fingerprint density at radius 3 is 2.93 bits per heavy atom. The lowest BCUT2D eigenvalue weighted by atomic mass is 9.98. The third-order valence-electron chi connectivity index (χ3n) is 5.86. The van der Waals surface area contributed by atoms with Crippen LogP contribution in [0.5, 0.6) is 0 Å². The Labute approximate surface area is 163 Å². The summed E-state index contributed by atoms with van der Waals surface area (Å²) < 4.78 is 15.3. The molecule has 2 atom stereocenters. The molecule has 7 heteroatoms. The van der Waals surface area contributed by atoms with E-state index in [9.17, 15) is 14.0 Å². The number of nitrogens with zero attached hydrogens (tertiary/aromatic N) is 4. The summed E-state index contributed by atoms with van der Waals surface area (Å²) in [5, 5.41) is 4.19. The highest BCUT2D eigenvalue weighted by atomic mass is 19.1. The quantitative estimate of drug-likeness (QED) is 0.814. The Morgan fingerprint density at radius 2 is 2.14 bits per heavy atom. The van der Waals surface area contributed by atoms with Crippen LogP contribution in [0.3, 0.4) is 0 Å². The molecule has 28 heavy (non-hydrogen) atoms. The molecular formula is C21H25FN4O2. The molecule has 1 aromatic heterocycles. The number of hydrogen-bond acceptors (Lipinski definition) is 3. The van der Waals surface area contributed by atoms with Crippen LogP contribution in [0.2, 0.25) is 0 Å². The lowest BCUT2D eigenvalue weighted by Gasteiger charge is -2.30. The number of amides is 2. The van der Waals surface area contributed by atoms with E-state index >= 15 is 0 Å². The van der Waals surface area contributed by atoms with Crippen molar-refractivity contribution < 1.29 is 14.0 Å². The van der Waals surface area contributed by atoms with Crippen LogP contribution in [-0.2, 0) is 17.9 Å². The van der Waals surface area contributed by atoms with Crippen LogP contribution in [-0.4, -0.2) is 50.5 Å².